The highest BCUT2D eigenvalue weighted by atomic mass is 35.5. The molecule has 4 N–H and O–H groups in total. The first kappa shape index (κ1) is 22.7. The molecular weight excluding hydrogens is 472 g/mol. The van der Waals surface area contributed by atoms with Gasteiger partial charge in [-0.3, -0.25) is 4.79 Å². The Bertz CT molecular complexity index is 1400. The quantitative estimate of drug-likeness (QED) is 0.396. The second-order valence-electron chi connectivity index (χ2n) is 8.57. The van der Waals surface area contributed by atoms with Crippen LogP contribution < -0.4 is 20.9 Å². The predicted octanol–water partition coefficient (Wildman–Crippen LogP) is 1.52. The highest BCUT2D eigenvalue weighted by molar-refractivity contribution is 6.36. The first-order chi connectivity index (χ1) is 16.9. The number of hydrogen-bond acceptors (Lipinski definition) is 10. The van der Waals surface area contributed by atoms with Crippen LogP contribution in [0.1, 0.15) is 31.0 Å². The lowest BCUT2D eigenvalue weighted by Gasteiger charge is -2.22. The molecule has 1 aliphatic heterocycles. The number of fused-ring (bicyclic) bond motifs is 1. The number of nitriles is 2. The molecule has 3 heterocycles. The van der Waals surface area contributed by atoms with E-state index in [4.69, 9.17) is 11.6 Å². The van der Waals surface area contributed by atoms with E-state index in [2.05, 4.69) is 43.2 Å². The molecule has 1 aliphatic carbocycles. The van der Waals surface area contributed by atoms with Gasteiger partial charge in [0.15, 0.2) is 17.2 Å². The Labute approximate surface area is 205 Å². The van der Waals surface area contributed by atoms with E-state index >= 15 is 0 Å². The van der Waals surface area contributed by atoms with E-state index in [-0.39, 0.29) is 24.1 Å². The molecule has 12 nitrogen and oxygen atoms in total. The van der Waals surface area contributed by atoms with Crippen LogP contribution in [-0.2, 0) is 4.79 Å². The van der Waals surface area contributed by atoms with E-state index in [9.17, 15) is 20.4 Å². The van der Waals surface area contributed by atoms with Crippen molar-refractivity contribution in [1.29, 1.82) is 10.5 Å². The van der Waals surface area contributed by atoms with Crippen LogP contribution in [0.3, 0.4) is 0 Å². The molecule has 1 aromatic carbocycles. The number of aromatic nitrogens is 4. The maximum atomic E-state index is 11.5. The van der Waals surface area contributed by atoms with Crippen LogP contribution in [0.2, 0.25) is 5.02 Å². The first-order valence-electron chi connectivity index (χ1n) is 11.0. The van der Waals surface area contributed by atoms with Crippen LogP contribution in [0.4, 0.5) is 23.1 Å². The molecule has 5 rings (SSSR count). The number of nitrogens with one attached hydrogen (secondary N) is 3. The van der Waals surface area contributed by atoms with E-state index in [1.807, 2.05) is 4.90 Å². The topological polar surface area (TPSA) is 167 Å². The Kier molecular flexibility index (Phi) is 5.76. The molecule has 35 heavy (non-hydrogen) atoms. The Morgan fingerprint density at radius 1 is 1.26 bits per heavy atom. The number of β-amino-alcohol motifs (C(OH)–C–C–N with tert-alkyl or cyclic N) is 1. The van der Waals surface area contributed by atoms with Crippen LogP contribution in [0, 0.1) is 22.7 Å². The van der Waals surface area contributed by atoms with Crippen molar-refractivity contribution < 1.29 is 9.90 Å². The number of rotatable bonds is 6. The lowest BCUT2D eigenvalue weighted by Crippen LogP contribution is -2.41. The van der Waals surface area contributed by atoms with Crippen LogP contribution in [-0.4, -0.2) is 61.9 Å². The minimum Gasteiger partial charge on any atom is -0.389 e. The Balaban J connectivity index is 1.51. The van der Waals surface area contributed by atoms with Crippen LogP contribution in [0.5, 0.6) is 0 Å². The number of halogens is 1. The van der Waals surface area contributed by atoms with Crippen LogP contribution >= 0.6 is 11.6 Å². The van der Waals surface area contributed by atoms with E-state index in [1.165, 1.54) is 17.6 Å². The van der Waals surface area contributed by atoms with Crippen molar-refractivity contribution in [3.63, 3.8) is 0 Å². The average molecular weight is 493 g/mol. The van der Waals surface area contributed by atoms with E-state index in [0.29, 0.717) is 46.0 Å². The van der Waals surface area contributed by atoms with Gasteiger partial charge >= 0.3 is 0 Å². The summed E-state index contributed by atoms with van der Waals surface area (Å²) in [7, 11) is 0. The van der Waals surface area contributed by atoms with Gasteiger partial charge in [-0.25, -0.2) is 4.98 Å². The third-order valence-corrected chi connectivity index (χ3v) is 6.24. The van der Waals surface area contributed by atoms with Gasteiger partial charge in [-0.2, -0.15) is 20.0 Å². The van der Waals surface area contributed by atoms with Crippen molar-refractivity contribution in [3.05, 3.63) is 34.6 Å². The third kappa shape index (κ3) is 4.49. The highest BCUT2D eigenvalue weighted by Crippen LogP contribution is 2.37. The van der Waals surface area contributed by atoms with Gasteiger partial charge in [0.1, 0.15) is 6.07 Å². The second-order valence-corrected chi connectivity index (χ2v) is 8.94. The number of carbonyl (C=O) groups is 1. The second kappa shape index (κ2) is 8.91. The Hall–Kier alpha value is -4.13. The smallest absolute Gasteiger partial charge is 0.247 e. The zero-order valence-electron chi connectivity index (χ0n) is 18.7. The number of imidazole rings is 1. The fraction of sp³-hybridized carbons (Fsp3) is 0.364. The number of aliphatic hydroxyl groups is 1. The van der Waals surface area contributed by atoms with Gasteiger partial charge in [-0.1, -0.05) is 11.6 Å². The van der Waals surface area contributed by atoms with Crippen molar-refractivity contribution in [3.8, 4) is 12.1 Å². The van der Waals surface area contributed by atoms with Crippen molar-refractivity contribution in [2.75, 3.05) is 28.6 Å². The first-order valence-corrected chi connectivity index (χ1v) is 11.4. The van der Waals surface area contributed by atoms with E-state index < -0.39 is 12.1 Å². The molecule has 1 saturated heterocycles. The molecule has 2 atom stereocenters. The fourth-order valence-electron chi connectivity index (χ4n) is 4.03. The average Bonchev–Trinajstić information content (AvgIpc) is 3.43. The Morgan fingerprint density at radius 2 is 2.06 bits per heavy atom. The summed E-state index contributed by atoms with van der Waals surface area (Å²) < 4.78 is 1.40. The molecule has 1 saturated carbocycles. The minimum atomic E-state index is -0.787. The van der Waals surface area contributed by atoms with Crippen LogP contribution in [0.25, 0.3) is 5.65 Å². The number of anilines is 4. The normalized spacial score (nSPS) is 19.3. The zero-order chi connectivity index (χ0) is 24.7. The summed E-state index contributed by atoms with van der Waals surface area (Å²) in [4.78, 5) is 22.1. The van der Waals surface area contributed by atoms with Crippen LogP contribution in [0.15, 0.2) is 18.3 Å². The van der Waals surface area contributed by atoms with E-state index in [1.54, 1.807) is 12.1 Å². The van der Waals surface area contributed by atoms with Gasteiger partial charge in [0.25, 0.3) is 0 Å². The molecule has 0 spiro atoms. The number of hydrogen-bond donors (Lipinski definition) is 4. The van der Waals surface area contributed by atoms with Gasteiger partial charge in [0.05, 0.1) is 46.4 Å². The molecule has 3 aromatic rings. The maximum absolute atomic E-state index is 11.5. The summed E-state index contributed by atoms with van der Waals surface area (Å²) >= 11 is 6.73. The molecule has 0 unspecified atom stereocenters. The molecule has 2 fully saturated rings. The van der Waals surface area contributed by atoms with Crippen molar-refractivity contribution >= 4 is 46.3 Å². The summed E-state index contributed by atoms with van der Waals surface area (Å²) in [6.45, 7) is 1.95. The molecule has 2 aromatic heterocycles. The van der Waals surface area contributed by atoms with Gasteiger partial charge in [-0.15, -0.1) is 5.10 Å². The standard InChI is InChI=1S/C22H21ClN10O2/c1-11(34)27-16-9-32(10-18(16)35)17-5-12(6-24)4-15(19(17)23)29-22-30-20(28-13-2-3-13)21-26-8-14(7-25)33(21)31-22/h4-5,8,13,16,18,35H,2-3,9-10H2,1H3,(H,27,34)(H2,28,29,30,31)/t16-,18-/m1/s1. The number of nitrogens with zero attached hydrogens (tertiary/aromatic N) is 7. The summed E-state index contributed by atoms with van der Waals surface area (Å²) in [6, 6.07) is 7.21. The summed E-state index contributed by atoms with van der Waals surface area (Å²) in [6.07, 6.45) is 2.68. The zero-order valence-corrected chi connectivity index (χ0v) is 19.4. The molecular formula is C22H21ClN10O2. The highest BCUT2D eigenvalue weighted by Gasteiger charge is 2.33. The third-order valence-electron chi connectivity index (χ3n) is 5.84. The molecule has 1 amide bonds. The van der Waals surface area contributed by atoms with Gasteiger partial charge < -0.3 is 26.0 Å². The summed E-state index contributed by atoms with van der Waals surface area (Å²) in [5.74, 6) is 0.408. The van der Waals surface area contributed by atoms with Gasteiger partial charge in [0.2, 0.25) is 11.9 Å². The molecule has 13 heteroatoms. The maximum Gasteiger partial charge on any atom is 0.247 e. The Morgan fingerprint density at radius 3 is 2.74 bits per heavy atom. The number of carbonyl (C=O) groups excluding carboxylic acids is 1. The fourth-order valence-corrected chi connectivity index (χ4v) is 4.31. The van der Waals surface area contributed by atoms with E-state index in [0.717, 1.165) is 12.8 Å². The molecule has 178 valence electrons. The number of aliphatic hydroxyl groups excluding tert-OH is 1. The molecule has 0 bridgehead atoms. The minimum absolute atomic E-state index is 0.163. The van der Waals surface area contributed by atoms with Crippen molar-refractivity contribution in [2.24, 2.45) is 0 Å². The molecule has 2 aliphatic rings. The predicted molar refractivity (Wildman–Crippen MR) is 127 cm³/mol. The summed E-state index contributed by atoms with van der Waals surface area (Å²) in [5, 5.41) is 43.2. The number of amides is 1. The monoisotopic (exact) mass is 492 g/mol. The van der Waals surface area contributed by atoms with Crippen molar-refractivity contribution in [2.45, 2.75) is 38.0 Å². The van der Waals surface area contributed by atoms with Crippen molar-refractivity contribution in [1.82, 2.24) is 24.9 Å². The number of benzene rings is 1. The lowest BCUT2D eigenvalue weighted by atomic mass is 10.1. The lowest BCUT2D eigenvalue weighted by molar-refractivity contribution is -0.120. The molecule has 0 radical (unpaired) electrons. The largest absolute Gasteiger partial charge is 0.389 e. The summed E-state index contributed by atoms with van der Waals surface area (Å²) in [5.41, 5.74) is 1.93. The SMILES string of the molecule is CC(=O)N[C@@H]1CN(c2cc(C#N)cc(Nc3nc(NC4CC4)c4ncc(C#N)n4n3)c2Cl)C[C@H]1O. The van der Waals surface area contributed by atoms with Gasteiger partial charge in [0, 0.05) is 26.1 Å². The van der Waals surface area contributed by atoms with Gasteiger partial charge in [-0.05, 0) is 25.0 Å².